The van der Waals surface area contributed by atoms with Gasteiger partial charge in [0.25, 0.3) is 0 Å². The van der Waals surface area contributed by atoms with E-state index in [0.717, 1.165) is 44.0 Å². The van der Waals surface area contributed by atoms with Crippen LogP contribution in [0.3, 0.4) is 0 Å². The highest BCUT2D eigenvalue weighted by atomic mass is 16.5. The fourth-order valence-corrected chi connectivity index (χ4v) is 2.37. The Balaban J connectivity index is 2.44. The van der Waals surface area contributed by atoms with Gasteiger partial charge in [-0.3, -0.25) is 4.99 Å². The molecule has 0 radical (unpaired) electrons. The minimum Gasteiger partial charge on any atom is -0.491 e. The van der Waals surface area contributed by atoms with Crippen molar-refractivity contribution in [2.45, 2.75) is 53.2 Å². The maximum atomic E-state index is 10.4. The van der Waals surface area contributed by atoms with Crippen molar-refractivity contribution < 1.29 is 14.6 Å². The smallest absolute Gasteiger partial charge is 0.191 e. The lowest BCUT2D eigenvalue weighted by atomic mass is 10.1. The van der Waals surface area contributed by atoms with E-state index in [0.29, 0.717) is 18.4 Å². The molecule has 1 aromatic carbocycles. The zero-order valence-corrected chi connectivity index (χ0v) is 17.5. The summed E-state index contributed by atoms with van der Waals surface area (Å²) in [4.78, 5) is 4.48. The molecular weight excluding hydrogens is 342 g/mol. The van der Waals surface area contributed by atoms with Gasteiger partial charge in [0.1, 0.15) is 5.75 Å². The van der Waals surface area contributed by atoms with Gasteiger partial charge in [-0.15, -0.1) is 0 Å². The van der Waals surface area contributed by atoms with Crippen molar-refractivity contribution in [2.75, 3.05) is 32.8 Å². The molecule has 6 heteroatoms. The predicted molar refractivity (Wildman–Crippen MR) is 111 cm³/mol. The van der Waals surface area contributed by atoms with Gasteiger partial charge < -0.3 is 25.2 Å². The second-order valence-electron chi connectivity index (χ2n) is 7.22. The van der Waals surface area contributed by atoms with Gasteiger partial charge in [0, 0.05) is 26.3 Å². The summed E-state index contributed by atoms with van der Waals surface area (Å²) in [5.41, 5.74) is 0.827. The summed E-state index contributed by atoms with van der Waals surface area (Å²) in [7, 11) is 0. The maximum absolute atomic E-state index is 10.4. The summed E-state index contributed by atoms with van der Waals surface area (Å²) < 4.78 is 11.2. The Morgan fingerprint density at radius 1 is 1.11 bits per heavy atom. The van der Waals surface area contributed by atoms with E-state index >= 15 is 0 Å². The highest BCUT2D eigenvalue weighted by Crippen LogP contribution is 2.19. The fraction of sp³-hybridized carbons (Fsp3) is 0.667. The Kier molecular flexibility index (Phi) is 11.5. The number of ether oxygens (including phenoxy) is 2. The number of aliphatic imine (C=N–C) groups is 1. The van der Waals surface area contributed by atoms with E-state index in [1.807, 2.05) is 45.0 Å². The minimum absolute atomic E-state index is 0.134. The van der Waals surface area contributed by atoms with Crippen molar-refractivity contribution in [1.82, 2.24) is 10.6 Å². The second kappa shape index (κ2) is 13.4. The molecule has 6 nitrogen and oxygen atoms in total. The summed E-state index contributed by atoms with van der Waals surface area (Å²) in [6.07, 6.45) is 0.398. The number of benzene rings is 1. The van der Waals surface area contributed by atoms with E-state index in [1.165, 1.54) is 0 Å². The Bertz CT molecular complexity index is 530. The number of hydrogen-bond donors (Lipinski definition) is 3. The van der Waals surface area contributed by atoms with Crippen molar-refractivity contribution in [3.05, 3.63) is 29.8 Å². The highest BCUT2D eigenvalue weighted by Gasteiger charge is 2.08. The average molecular weight is 380 g/mol. The highest BCUT2D eigenvalue weighted by molar-refractivity contribution is 5.79. The molecule has 154 valence electrons. The molecule has 0 saturated carbocycles. The molecule has 0 aliphatic rings. The van der Waals surface area contributed by atoms with Gasteiger partial charge in [-0.1, -0.05) is 26.0 Å². The van der Waals surface area contributed by atoms with Crippen LogP contribution in [0.4, 0.5) is 0 Å². The van der Waals surface area contributed by atoms with Gasteiger partial charge in [-0.2, -0.15) is 0 Å². The molecule has 0 aromatic heterocycles. The van der Waals surface area contributed by atoms with Crippen LogP contribution in [0.1, 0.15) is 52.7 Å². The van der Waals surface area contributed by atoms with E-state index in [4.69, 9.17) is 9.47 Å². The van der Waals surface area contributed by atoms with E-state index in [9.17, 15) is 5.11 Å². The standard InChI is InChI=1S/C21H37N3O3/c1-6-22-21(23-12-7-13-26-15-16(2)3)24-14-20(25)18-8-10-19(11-9-18)27-17(4)5/h8-11,16-17,20,25H,6-7,12-15H2,1-5H3,(H2,22,23,24). The number of rotatable bonds is 12. The lowest BCUT2D eigenvalue weighted by molar-refractivity contribution is 0.108. The van der Waals surface area contributed by atoms with Crippen LogP contribution < -0.4 is 15.4 Å². The molecule has 0 fully saturated rings. The van der Waals surface area contributed by atoms with Crippen LogP contribution in [0.5, 0.6) is 5.75 Å². The maximum Gasteiger partial charge on any atom is 0.191 e. The summed E-state index contributed by atoms with van der Waals surface area (Å²) in [5.74, 6) is 2.07. The topological polar surface area (TPSA) is 75.1 Å². The normalized spacial score (nSPS) is 13.1. The number of nitrogens with one attached hydrogen (secondary N) is 2. The molecule has 0 saturated heterocycles. The van der Waals surface area contributed by atoms with Crippen molar-refractivity contribution in [1.29, 1.82) is 0 Å². The number of guanidine groups is 1. The molecule has 0 heterocycles. The Labute approximate surface area is 164 Å². The largest absolute Gasteiger partial charge is 0.491 e. The quantitative estimate of drug-likeness (QED) is 0.296. The van der Waals surface area contributed by atoms with Crippen molar-refractivity contribution in [3.8, 4) is 5.75 Å². The average Bonchev–Trinajstić information content (AvgIpc) is 2.62. The van der Waals surface area contributed by atoms with Gasteiger partial charge in [0.2, 0.25) is 0 Å². The Morgan fingerprint density at radius 2 is 1.81 bits per heavy atom. The minimum atomic E-state index is -0.650. The van der Waals surface area contributed by atoms with Gasteiger partial charge in [-0.05, 0) is 50.8 Å². The molecule has 1 atom stereocenters. The van der Waals surface area contributed by atoms with Gasteiger partial charge in [-0.25, -0.2) is 0 Å². The van der Waals surface area contributed by atoms with Crippen LogP contribution in [0, 0.1) is 5.92 Å². The molecule has 0 aliphatic heterocycles. The molecule has 3 N–H and O–H groups in total. The molecule has 0 aliphatic carbocycles. The molecule has 1 unspecified atom stereocenters. The third kappa shape index (κ3) is 10.8. The first-order valence-corrected chi connectivity index (χ1v) is 9.97. The number of hydrogen-bond acceptors (Lipinski definition) is 4. The summed E-state index contributed by atoms with van der Waals surface area (Å²) in [6, 6.07) is 7.51. The lowest BCUT2D eigenvalue weighted by Crippen LogP contribution is -2.38. The molecule has 1 rings (SSSR count). The first kappa shape index (κ1) is 23.2. The zero-order chi connectivity index (χ0) is 20.1. The first-order valence-electron chi connectivity index (χ1n) is 9.97. The van der Waals surface area contributed by atoms with Crippen LogP contribution in [0.25, 0.3) is 0 Å². The van der Waals surface area contributed by atoms with Crippen molar-refractivity contribution >= 4 is 5.96 Å². The molecular formula is C21H37N3O3. The zero-order valence-electron chi connectivity index (χ0n) is 17.5. The third-order valence-corrected chi connectivity index (χ3v) is 3.61. The molecule has 1 aromatic rings. The molecule has 0 amide bonds. The molecule has 27 heavy (non-hydrogen) atoms. The lowest BCUT2D eigenvalue weighted by Gasteiger charge is -2.14. The second-order valence-corrected chi connectivity index (χ2v) is 7.22. The molecule has 0 bridgehead atoms. The Morgan fingerprint density at radius 3 is 2.41 bits per heavy atom. The SMILES string of the molecule is CCNC(=NCC(O)c1ccc(OC(C)C)cc1)NCCCOCC(C)C. The first-order chi connectivity index (χ1) is 12.9. The third-order valence-electron chi connectivity index (χ3n) is 3.61. The van der Waals surface area contributed by atoms with Crippen LogP contribution in [0.2, 0.25) is 0 Å². The Hall–Kier alpha value is -1.79. The number of aliphatic hydroxyl groups excluding tert-OH is 1. The van der Waals surface area contributed by atoms with Crippen molar-refractivity contribution in [2.24, 2.45) is 10.9 Å². The van der Waals surface area contributed by atoms with Crippen molar-refractivity contribution in [3.63, 3.8) is 0 Å². The van der Waals surface area contributed by atoms with E-state index in [1.54, 1.807) is 0 Å². The van der Waals surface area contributed by atoms with Gasteiger partial charge in [0.05, 0.1) is 18.8 Å². The van der Waals surface area contributed by atoms with Crippen LogP contribution in [-0.2, 0) is 4.74 Å². The number of nitrogens with zero attached hydrogens (tertiary/aromatic N) is 1. The van der Waals surface area contributed by atoms with E-state index in [-0.39, 0.29) is 6.10 Å². The van der Waals surface area contributed by atoms with E-state index < -0.39 is 6.10 Å². The summed E-state index contributed by atoms with van der Waals surface area (Å²) in [6.45, 7) is 13.7. The monoisotopic (exact) mass is 379 g/mol. The van der Waals surface area contributed by atoms with Crippen LogP contribution in [0.15, 0.2) is 29.3 Å². The van der Waals surface area contributed by atoms with Crippen LogP contribution in [-0.4, -0.2) is 50.0 Å². The van der Waals surface area contributed by atoms with Gasteiger partial charge in [0.15, 0.2) is 5.96 Å². The predicted octanol–water partition coefficient (Wildman–Crippen LogP) is 3.13. The molecule has 0 spiro atoms. The van der Waals surface area contributed by atoms with Gasteiger partial charge >= 0.3 is 0 Å². The fourth-order valence-electron chi connectivity index (χ4n) is 2.37. The number of aliphatic hydroxyl groups is 1. The van der Waals surface area contributed by atoms with Crippen LogP contribution >= 0.6 is 0 Å². The van der Waals surface area contributed by atoms with E-state index in [2.05, 4.69) is 29.5 Å². The summed E-state index contributed by atoms with van der Waals surface area (Å²) >= 11 is 0. The summed E-state index contributed by atoms with van der Waals surface area (Å²) in [5, 5.41) is 16.9.